The van der Waals surface area contributed by atoms with Gasteiger partial charge in [0.1, 0.15) is 17.7 Å². The number of nitrogens with one attached hydrogen (secondary N) is 3. The largest absolute Gasteiger partial charge is 0.378 e. The number of alkyl halides is 1. The average molecular weight is 461 g/mol. The highest BCUT2D eigenvalue weighted by Gasteiger charge is 2.44. The Hall–Kier alpha value is -2.64. The second-order valence-electron chi connectivity index (χ2n) is 8.84. The van der Waals surface area contributed by atoms with Gasteiger partial charge in [0, 0.05) is 36.7 Å². The highest BCUT2D eigenvalue weighted by atomic mass is 19.1. The third-order valence-electron chi connectivity index (χ3n) is 6.17. The van der Waals surface area contributed by atoms with Crippen LogP contribution in [0.1, 0.15) is 42.8 Å². The molecule has 3 aromatic heterocycles. The van der Waals surface area contributed by atoms with Gasteiger partial charge in [-0.25, -0.2) is 13.9 Å². The van der Waals surface area contributed by atoms with Crippen LogP contribution in [0.25, 0.3) is 5.52 Å². The fourth-order valence-corrected chi connectivity index (χ4v) is 4.01. The molecule has 0 spiro atoms. The van der Waals surface area contributed by atoms with E-state index in [0.29, 0.717) is 23.9 Å². The van der Waals surface area contributed by atoms with Gasteiger partial charge in [0.2, 0.25) is 6.41 Å². The number of methoxy groups -OCH3 is 1. The summed E-state index contributed by atoms with van der Waals surface area (Å²) in [4.78, 5) is 4.41. The fourth-order valence-electron chi connectivity index (χ4n) is 4.01. The number of fused-ring (bicyclic) bond motifs is 1. The van der Waals surface area contributed by atoms with E-state index < -0.39 is 24.8 Å². The van der Waals surface area contributed by atoms with Gasteiger partial charge in [-0.1, -0.05) is 0 Å². The zero-order chi connectivity index (χ0) is 23.2. The SMILES string of the molecule is COCc1nn2ccnc(Nc3cc([C@H]4OC[C@@H](OC(O)NC5(C)CC5)[C@@H]4F)[nH]n3)c2c1C. The van der Waals surface area contributed by atoms with Crippen molar-refractivity contribution >= 4 is 17.2 Å². The van der Waals surface area contributed by atoms with Gasteiger partial charge in [-0.3, -0.25) is 10.4 Å². The van der Waals surface area contributed by atoms with Crippen LogP contribution in [0.15, 0.2) is 18.5 Å². The smallest absolute Gasteiger partial charge is 0.214 e. The summed E-state index contributed by atoms with van der Waals surface area (Å²) in [6, 6.07) is 1.67. The molecule has 0 aromatic carbocycles. The Balaban J connectivity index is 1.27. The molecule has 33 heavy (non-hydrogen) atoms. The van der Waals surface area contributed by atoms with Crippen molar-refractivity contribution in [2.24, 2.45) is 0 Å². The summed E-state index contributed by atoms with van der Waals surface area (Å²) in [5.41, 5.74) is 2.88. The molecule has 1 aliphatic heterocycles. The second kappa shape index (κ2) is 8.61. The number of aromatic amines is 1. The van der Waals surface area contributed by atoms with E-state index in [1.165, 1.54) is 0 Å². The maximum absolute atomic E-state index is 15.0. The van der Waals surface area contributed by atoms with Crippen LogP contribution in [0.2, 0.25) is 0 Å². The maximum atomic E-state index is 15.0. The number of halogens is 1. The monoisotopic (exact) mass is 461 g/mol. The number of aryl methyl sites for hydroxylation is 1. The van der Waals surface area contributed by atoms with Crippen LogP contribution in [0, 0.1) is 6.92 Å². The number of H-pyrrole nitrogens is 1. The average Bonchev–Trinajstić information content (AvgIpc) is 3.08. The molecule has 1 saturated carbocycles. The van der Waals surface area contributed by atoms with Crippen molar-refractivity contribution in [3.05, 3.63) is 35.4 Å². The van der Waals surface area contributed by atoms with Gasteiger partial charge >= 0.3 is 0 Å². The first-order chi connectivity index (χ1) is 15.9. The van der Waals surface area contributed by atoms with Crippen LogP contribution in [-0.2, 0) is 20.8 Å². The highest BCUT2D eigenvalue weighted by Crippen LogP contribution is 2.36. The van der Waals surface area contributed by atoms with Crippen molar-refractivity contribution < 1.29 is 23.7 Å². The summed E-state index contributed by atoms with van der Waals surface area (Å²) in [5, 5.41) is 27.8. The van der Waals surface area contributed by atoms with E-state index >= 15 is 4.39 Å². The first-order valence-electron chi connectivity index (χ1n) is 10.9. The third kappa shape index (κ3) is 4.44. The first kappa shape index (κ1) is 22.2. The van der Waals surface area contributed by atoms with E-state index in [2.05, 4.69) is 30.9 Å². The predicted octanol–water partition coefficient (Wildman–Crippen LogP) is 1.86. The normalized spacial score (nSPS) is 24.9. The van der Waals surface area contributed by atoms with E-state index in [9.17, 15) is 5.11 Å². The van der Waals surface area contributed by atoms with Gasteiger partial charge < -0.3 is 24.6 Å². The maximum Gasteiger partial charge on any atom is 0.214 e. The van der Waals surface area contributed by atoms with Crippen LogP contribution >= 0.6 is 0 Å². The van der Waals surface area contributed by atoms with E-state index in [1.54, 1.807) is 30.1 Å². The molecule has 178 valence electrons. The molecule has 3 aromatic rings. The fraction of sp³-hybridized carbons (Fsp3) is 0.571. The van der Waals surface area contributed by atoms with Crippen molar-refractivity contribution in [1.82, 2.24) is 30.1 Å². The van der Waals surface area contributed by atoms with Crippen LogP contribution in [0.4, 0.5) is 16.0 Å². The zero-order valence-corrected chi connectivity index (χ0v) is 18.7. The van der Waals surface area contributed by atoms with Crippen molar-refractivity contribution in [2.75, 3.05) is 19.0 Å². The molecule has 2 aliphatic rings. The van der Waals surface area contributed by atoms with Gasteiger partial charge in [-0.2, -0.15) is 10.2 Å². The first-order valence-corrected chi connectivity index (χ1v) is 10.9. The molecule has 1 aliphatic carbocycles. The van der Waals surface area contributed by atoms with Crippen molar-refractivity contribution in [1.29, 1.82) is 0 Å². The Kier molecular flexibility index (Phi) is 5.79. The van der Waals surface area contributed by atoms with Crippen molar-refractivity contribution in [3.8, 4) is 0 Å². The Morgan fingerprint density at radius 1 is 1.45 bits per heavy atom. The molecule has 0 radical (unpaired) electrons. The molecule has 1 saturated heterocycles. The number of nitrogens with zero attached hydrogens (tertiary/aromatic N) is 4. The molecule has 4 N–H and O–H groups in total. The number of aliphatic hydroxyl groups excluding tert-OH is 1. The summed E-state index contributed by atoms with van der Waals surface area (Å²) >= 11 is 0. The topological polar surface area (TPSA) is 131 Å². The number of hydrogen-bond donors (Lipinski definition) is 4. The molecule has 0 bridgehead atoms. The lowest BCUT2D eigenvalue weighted by Gasteiger charge is -2.22. The number of hydrogen-bond acceptors (Lipinski definition) is 9. The Morgan fingerprint density at radius 2 is 2.27 bits per heavy atom. The van der Waals surface area contributed by atoms with Crippen molar-refractivity contribution in [3.63, 3.8) is 0 Å². The quantitative estimate of drug-likeness (QED) is 0.353. The van der Waals surface area contributed by atoms with E-state index in [1.807, 2.05) is 13.8 Å². The summed E-state index contributed by atoms with van der Waals surface area (Å²) in [7, 11) is 1.62. The molecule has 11 nitrogen and oxygen atoms in total. The second-order valence-corrected chi connectivity index (χ2v) is 8.84. The molecule has 2 fully saturated rings. The van der Waals surface area contributed by atoms with Crippen molar-refractivity contribution in [2.45, 2.75) is 63.6 Å². The Morgan fingerprint density at radius 3 is 3.03 bits per heavy atom. The predicted molar refractivity (Wildman–Crippen MR) is 116 cm³/mol. The summed E-state index contributed by atoms with van der Waals surface area (Å²) in [5.74, 6) is 1.03. The highest BCUT2D eigenvalue weighted by molar-refractivity contribution is 5.76. The molecule has 4 heterocycles. The summed E-state index contributed by atoms with van der Waals surface area (Å²) < 4.78 is 33.0. The molecule has 1 unspecified atom stereocenters. The van der Waals surface area contributed by atoms with E-state index in [0.717, 1.165) is 29.6 Å². The lowest BCUT2D eigenvalue weighted by atomic mass is 10.1. The number of rotatable bonds is 9. The number of aromatic nitrogens is 5. The molecule has 5 rings (SSSR count). The lowest BCUT2D eigenvalue weighted by molar-refractivity contribution is -0.168. The minimum Gasteiger partial charge on any atom is -0.378 e. The van der Waals surface area contributed by atoms with Gasteiger partial charge in [0.05, 0.1) is 24.6 Å². The lowest BCUT2D eigenvalue weighted by Crippen LogP contribution is -2.43. The molecule has 0 amide bonds. The molecular formula is C21H28FN7O4. The number of aliphatic hydroxyl groups is 1. The molecule has 12 heteroatoms. The van der Waals surface area contributed by atoms with Crippen LogP contribution in [-0.4, -0.2) is 67.8 Å². The molecular weight excluding hydrogens is 433 g/mol. The number of anilines is 2. The van der Waals surface area contributed by atoms with Crippen LogP contribution in [0.5, 0.6) is 0 Å². The molecule has 4 atom stereocenters. The standard InChI is InChI=1S/C21H28FN7O4/c1-11-13(9-31-3)28-29-7-6-23-19(17(11)29)24-15-8-12(26-27-15)18-16(22)14(10-32-18)33-20(30)25-21(2)4-5-21/h6-8,14,16,18,20,25,30H,4-5,9-10H2,1-3H3,(H2,23,24,26,27)/t14-,16+,18-,20?/m1/s1. The van der Waals surface area contributed by atoms with Gasteiger partial charge in [-0.05, 0) is 26.7 Å². The Labute approximate surface area is 189 Å². The van der Waals surface area contributed by atoms with Gasteiger partial charge in [0.25, 0.3) is 0 Å². The minimum atomic E-state index is -1.46. The zero-order valence-electron chi connectivity index (χ0n) is 18.7. The number of ether oxygens (including phenoxy) is 3. The van der Waals surface area contributed by atoms with Gasteiger partial charge in [-0.15, -0.1) is 0 Å². The van der Waals surface area contributed by atoms with E-state index in [-0.39, 0.29) is 12.1 Å². The minimum absolute atomic E-state index is 0.0290. The van der Waals surface area contributed by atoms with E-state index in [4.69, 9.17) is 14.2 Å². The Bertz CT molecular complexity index is 1130. The van der Waals surface area contributed by atoms with Crippen LogP contribution < -0.4 is 10.6 Å². The third-order valence-corrected chi connectivity index (χ3v) is 6.17. The summed E-state index contributed by atoms with van der Waals surface area (Å²) in [6.45, 7) is 4.36. The van der Waals surface area contributed by atoms with Gasteiger partial charge in [0.15, 0.2) is 17.8 Å². The van der Waals surface area contributed by atoms with Crippen LogP contribution in [0.3, 0.4) is 0 Å². The summed E-state index contributed by atoms with van der Waals surface area (Å²) in [6.07, 6.45) is 0.833.